The van der Waals surface area contributed by atoms with Crippen LogP contribution in [-0.2, 0) is 10.0 Å². The third-order valence-corrected chi connectivity index (χ3v) is 4.66. The molecule has 1 aliphatic heterocycles. The molecule has 2 rings (SSSR count). The van der Waals surface area contributed by atoms with Crippen LogP contribution in [0, 0.1) is 11.7 Å². The highest BCUT2D eigenvalue weighted by molar-refractivity contribution is 7.89. The molecule has 1 aliphatic rings. The van der Waals surface area contributed by atoms with Crippen molar-refractivity contribution in [2.45, 2.75) is 11.3 Å². The van der Waals surface area contributed by atoms with E-state index in [4.69, 9.17) is 11.6 Å². The van der Waals surface area contributed by atoms with Gasteiger partial charge in [0.25, 0.3) is 0 Å². The molecule has 0 spiro atoms. The second-order valence-corrected chi connectivity index (χ2v) is 6.41. The normalized spacial score (nSPS) is 19.2. The van der Waals surface area contributed by atoms with Gasteiger partial charge in [-0.05, 0) is 37.6 Å². The Hall–Kier alpha value is -0.400. The van der Waals surface area contributed by atoms with Crippen molar-refractivity contribution in [1.82, 2.24) is 10.0 Å². The molecule has 1 unspecified atom stereocenters. The van der Waals surface area contributed by atoms with E-state index in [1.54, 1.807) is 0 Å². The first-order valence-electron chi connectivity index (χ1n) is 5.65. The summed E-state index contributed by atoms with van der Waals surface area (Å²) in [6.45, 7) is 1.97. The number of hydrogen-bond acceptors (Lipinski definition) is 3. The molecule has 1 aromatic carbocycles. The van der Waals surface area contributed by atoms with Gasteiger partial charge in [0, 0.05) is 6.54 Å². The van der Waals surface area contributed by atoms with Crippen molar-refractivity contribution in [3.8, 4) is 0 Å². The van der Waals surface area contributed by atoms with Gasteiger partial charge in [-0.2, -0.15) is 0 Å². The van der Waals surface area contributed by atoms with E-state index in [0.717, 1.165) is 19.5 Å². The monoisotopic (exact) mass is 328 g/mol. The van der Waals surface area contributed by atoms with Gasteiger partial charge in [0.05, 0.1) is 5.02 Å². The number of hydrogen-bond donors (Lipinski definition) is 2. The van der Waals surface area contributed by atoms with Gasteiger partial charge < -0.3 is 5.32 Å². The number of sulfonamides is 1. The predicted octanol–water partition coefficient (Wildman–Crippen LogP) is 1.79. The van der Waals surface area contributed by atoms with Gasteiger partial charge in [-0.3, -0.25) is 0 Å². The molecule has 108 valence electrons. The van der Waals surface area contributed by atoms with Gasteiger partial charge in [0.2, 0.25) is 10.0 Å². The van der Waals surface area contributed by atoms with Crippen LogP contribution in [0.2, 0.25) is 5.02 Å². The van der Waals surface area contributed by atoms with Crippen LogP contribution >= 0.6 is 24.0 Å². The lowest BCUT2D eigenvalue weighted by Crippen LogP contribution is -2.30. The van der Waals surface area contributed by atoms with Gasteiger partial charge in [-0.15, -0.1) is 12.4 Å². The maximum absolute atomic E-state index is 13.6. The van der Waals surface area contributed by atoms with Crippen molar-refractivity contribution in [2.24, 2.45) is 5.92 Å². The van der Waals surface area contributed by atoms with Gasteiger partial charge in [0.1, 0.15) is 4.90 Å². The molecular weight excluding hydrogens is 314 g/mol. The fourth-order valence-corrected chi connectivity index (χ4v) is 3.33. The minimum absolute atomic E-state index is 0. The first-order chi connectivity index (χ1) is 8.50. The molecule has 8 heteroatoms. The average molecular weight is 329 g/mol. The lowest BCUT2D eigenvalue weighted by molar-refractivity contribution is 0.529. The predicted molar refractivity (Wildman–Crippen MR) is 74.8 cm³/mol. The number of benzene rings is 1. The minimum Gasteiger partial charge on any atom is -0.316 e. The lowest BCUT2D eigenvalue weighted by Gasteiger charge is -2.11. The van der Waals surface area contributed by atoms with Crippen molar-refractivity contribution in [3.05, 3.63) is 29.0 Å². The van der Waals surface area contributed by atoms with Crippen LogP contribution in [0.5, 0.6) is 0 Å². The van der Waals surface area contributed by atoms with E-state index >= 15 is 0 Å². The molecule has 1 saturated heterocycles. The summed E-state index contributed by atoms with van der Waals surface area (Å²) in [5.74, 6) is -0.654. The summed E-state index contributed by atoms with van der Waals surface area (Å²) in [7, 11) is -3.84. The smallest absolute Gasteiger partial charge is 0.243 e. The lowest BCUT2D eigenvalue weighted by atomic mass is 10.1. The SMILES string of the molecule is Cl.O=S(=O)(NCC1CCNC1)c1cccc(Cl)c1F. The number of rotatable bonds is 4. The minimum atomic E-state index is -3.84. The van der Waals surface area contributed by atoms with Gasteiger partial charge >= 0.3 is 0 Å². The molecule has 0 radical (unpaired) electrons. The Kier molecular flexibility index (Phi) is 6.01. The summed E-state index contributed by atoms with van der Waals surface area (Å²) in [6.07, 6.45) is 0.917. The molecule has 1 atom stereocenters. The van der Waals surface area contributed by atoms with Crippen molar-refractivity contribution < 1.29 is 12.8 Å². The molecule has 0 aromatic heterocycles. The second-order valence-electron chi connectivity index (χ2n) is 4.26. The van der Waals surface area contributed by atoms with Crippen LogP contribution in [0.1, 0.15) is 6.42 Å². The van der Waals surface area contributed by atoms with Crippen LogP contribution in [-0.4, -0.2) is 28.1 Å². The van der Waals surface area contributed by atoms with Crippen LogP contribution in [0.3, 0.4) is 0 Å². The third kappa shape index (κ3) is 4.03. The summed E-state index contributed by atoms with van der Waals surface area (Å²) >= 11 is 5.57. The molecule has 4 nitrogen and oxygen atoms in total. The first-order valence-corrected chi connectivity index (χ1v) is 7.51. The fourth-order valence-electron chi connectivity index (χ4n) is 1.89. The topological polar surface area (TPSA) is 58.2 Å². The van der Waals surface area contributed by atoms with Gasteiger partial charge in [-0.25, -0.2) is 17.5 Å². The Morgan fingerprint density at radius 3 is 2.84 bits per heavy atom. The third-order valence-electron chi connectivity index (χ3n) is 2.93. The molecule has 0 aliphatic carbocycles. The van der Waals surface area contributed by atoms with Crippen molar-refractivity contribution in [3.63, 3.8) is 0 Å². The summed E-state index contributed by atoms with van der Waals surface area (Å²) in [6, 6.07) is 3.93. The standard InChI is InChI=1S/C11H14ClFN2O2S.ClH/c12-9-2-1-3-10(11(9)13)18(16,17)15-7-8-4-5-14-6-8;/h1-3,8,14-15H,4-7H2;1H. The highest BCUT2D eigenvalue weighted by Gasteiger charge is 2.23. The van der Waals surface area contributed by atoms with E-state index in [1.807, 2.05) is 0 Å². The molecular formula is C11H15Cl2FN2O2S. The van der Waals surface area contributed by atoms with Crippen LogP contribution in [0.15, 0.2) is 23.1 Å². The Labute approximate surface area is 123 Å². The van der Waals surface area contributed by atoms with Gasteiger partial charge in [0.15, 0.2) is 5.82 Å². The zero-order valence-corrected chi connectivity index (χ0v) is 12.4. The second kappa shape index (κ2) is 6.85. The van der Waals surface area contributed by atoms with Crippen LogP contribution in [0.25, 0.3) is 0 Å². The molecule has 1 heterocycles. The van der Waals surface area contributed by atoms with Crippen molar-refractivity contribution >= 4 is 34.0 Å². The van der Waals surface area contributed by atoms with E-state index in [1.165, 1.54) is 18.2 Å². The number of halogens is 3. The van der Waals surface area contributed by atoms with E-state index in [-0.39, 0.29) is 23.3 Å². The van der Waals surface area contributed by atoms with E-state index < -0.39 is 20.7 Å². The number of nitrogens with one attached hydrogen (secondary N) is 2. The van der Waals surface area contributed by atoms with Crippen molar-refractivity contribution in [2.75, 3.05) is 19.6 Å². The Morgan fingerprint density at radius 1 is 1.47 bits per heavy atom. The van der Waals surface area contributed by atoms with Crippen LogP contribution < -0.4 is 10.0 Å². The Morgan fingerprint density at radius 2 is 2.21 bits per heavy atom. The summed E-state index contributed by atoms with van der Waals surface area (Å²) in [4.78, 5) is -0.402. The quantitative estimate of drug-likeness (QED) is 0.885. The maximum atomic E-state index is 13.6. The summed E-state index contributed by atoms with van der Waals surface area (Å²) < 4.78 is 39.9. The van der Waals surface area contributed by atoms with E-state index in [0.29, 0.717) is 6.54 Å². The highest BCUT2D eigenvalue weighted by atomic mass is 35.5. The Balaban J connectivity index is 0.00000180. The molecule has 1 fully saturated rings. The first kappa shape index (κ1) is 16.7. The molecule has 2 N–H and O–H groups in total. The zero-order chi connectivity index (χ0) is 13.2. The largest absolute Gasteiger partial charge is 0.316 e. The molecule has 0 bridgehead atoms. The Bertz CT molecular complexity index is 533. The summed E-state index contributed by atoms with van der Waals surface area (Å²) in [5.41, 5.74) is 0. The molecule has 0 amide bonds. The van der Waals surface area contributed by atoms with Gasteiger partial charge in [-0.1, -0.05) is 17.7 Å². The highest BCUT2D eigenvalue weighted by Crippen LogP contribution is 2.21. The van der Waals surface area contributed by atoms with Crippen LogP contribution in [0.4, 0.5) is 4.39 Å². The van der Waals surface area contributed by atoms with Crippen molar-refractivity contribution in [1.29, 1.82) is 0 Å². The zero-order valence-electron chi connectivity index (χ0n) is 10.0. The molecule has 19 heavy (non-hydrogen) atoms. The maximum Gasteiger partial charge on any atom is 0.243 e. The van der Waals surface area contributed by atoms with E-state index in [2.05, 4.69) is 10.0 Å². The van der Waals surface area contributed by atoms with E-state index in [9.17, 15) is 12.8 Å². The summed E-state index contributed by atoms with van der Waals surface area (Å²) in [5, 5.41) is 2.94. The molecule has 0 saturated carbocycles. The fraction of sp³-hybridized carbons (Fsp3) is 0.455. The molecule has 1 aromatic rings. The average Bonchev–Trinajstić information content (AvgIpc) is 2.83.